The molecule has 5 heteroatoms. The highest BCUT2D eigenvalue weighted by Crippen LogP contribution is 2.42. The first-order chi connectivity index (χ1) is 6.74. The predicted molar refractivity (Wildman–Crippen MR) is 59.1 cm³/mol. The summed E-state index contributed by atoms with van der Waals surface area (Å²) >= 11 is 1.42. The molecular formula is C9H15N3OS. The van der Waals surface area contributed by atoms with E-state index in [1.807, 2.05) is 6.92 Å². The van der Waals surface area contributed by atoms with Gasteiger partial charge in [-0.1, -0.05) is 0 Å². The Kier molecular flexibility index (Phi) is 2.50. The standard InChI is InChI=1S/C9H15N3OS/c1-3-13-7-8(10)11-14-9(7)12(2)6-4-5-6/h6H,3-5H2,1-2H3,(H2,10,11). The molecule has 0 saturated heterocycles. The van der Waals surface area contributed by atoms with Crippen molar-refractivity contribution in [3.63, 3.8) is 0 Å². The molecule has 0 aliphatic heterocycles. The Balaban J connectivity index is 2.22. The summed E-state index contributed by atoms with van der Waals surface area (Å²) in [6, 6.07) is 0.661. The zero-order chi connectivity index (χ0) is 10.1. The molecule has 0 unspecified atom stereocenters. The number of rotatable bonds is 4. The fraction of sp³-hybridized carbons (Fsp3) is 0.667. The fourth-order valence-corrected chi connectivity index (χ4v) is 2.21. The SMILES string of the molecule is CCOc1c(N)nsc1N(C)C1CC1. The number of nitrogens with zero attached hydrogens (tertiary/aromatic N) is 2. The molecule has 1 aromatic heterocycles. The summed E-state index contributed by atoms with van der Waals surface area (Å²) in [5.41, 5.74) is 5.73. The Morgan fingerprint density at radius 1 is 1.64 bits per heavy atom. The van der Waals surface area contributed by atoms with Gasteiger partial charge in [-0.2, -0.15) is 4.37 Å². The van der Waals surface area contributed by atoms with Crippen LogP contribution < -0.4 is 15.4 Å². The van der Waals surface area contributed by atoms with Gasteiger partial charge in [-0.15, -0.1) is 0 Å². The molecule has 1 aliphatic carbocycles. The molecule has 1 aromatic rings. The van der Waals surface area contributed by atoms with Gasteiger partial charge in [0.05, 0.1) is 6.61 Å². The number of nitrogen functional groups attached to an aromatic ring is 1. The number of ether oxygens (including phenoxy) is 1. The van der Waals surface area contributed by atoms with Crippen molar-refractivity contribution in [1.82, 2.24) is 4.37 Å². The van der Waals surface area contributed by atoms with E-state index in [1.54, 1.807) is 0 Å². The summed E-state index contributed by atoms with van der Waals surface area (Å²) in [5, 5.41) is 1.06. The van der Waals surface area contributed by atoms with Gasteiger partial charge in [-0.25, -0.2) is 0 Å². The van der Waals surface area contributed by atoms with Gasteiger partial charge < -0.3 is 15.4 Å². The lowest BCUT2D eigenvalue weighted by Gasteiger charge is -2.17. The number of anilines is 2. The molecule has 1 saturated carbocycles. The van der Waals surface area contributed by atoms with E-state index in [-0.39, 0.29) is 0 Å². The van der Waals surface area contributed by atoms with Crippen LogP contribution in [0.2, 0.25) is 0 Å². The van der Waals surface area contributed by atoms with E-state index in [9.17, 15) is 0 Å². The molecule has 2 rings (SSSR count). The molecule has 78 valence electrons. The normalized spacial score (nSPS) is 15.6. The molecule has 0 bridgehead atoms. The molecule has 0 radical (unpaired) electrons. The predicted octanol–water partition coefficient (Wildman–Crippen LogP) is 1.72. The zero-order valence-electron chi connectivity index (χ0n) is 8.49. The fourth-order valence-electron chi connectivity index (χ4n) is 1.42. The second kappa shape index (κ2) is 3.65. The minimum Gasteiger partial charge on any atom is -0.487 e. The summed E-state index contributed by atoms with van der Waals surface area (Å²) in [4.78, 5) is 2.22. The lowest BCUT2D eigenvalue weighted by atomic mass is 10.5. The van der Waals surface area contributed by atoms with Gasteiger partial charge in [-0.05, 0) is 31.3 Å². The van der Waals surface area contributed by atoms with E-state index in [4.69, 9.17) is 10.5 Å². The van der Waals surface area contributed by atoms with E-state index in [0.29, 0.717) is 18.5 Å². The molecule has 1 aliphatic rings. The van der Waals surface area contributed by atoms with Crippen LogP contribution in [0.25, 0.3) is 0 Å². The number of aromatic nitrogens is 1. The van der Waals surface area contributed by atoms with Crippen LogP contribution in [0.3, 0.4) is 0 Å². The molecule has 0 spiro atoms. The maximum atomic E-state index is 5.73. The van der Waals surface area contributed by atoms with Gasteiger partial charge in [0, 0.05) is 13.1 Å². The van der Waals surface area contributed by atoms with Gasteiger partial charge in [-0.3, -0.25) is 0 Å². The molecule has 0 aromatic carbocycles. The highest BCUT2D eigenvalue weighted by atomic mass is 32.1. The number of nitrogens with two attached hydrogens (primary N) is 1. The monoisotopic (exact) mass is 213 g/mol. The number of hydrogen-bond donors (Lipinski definition) is 1. The Morgan fingerprint density at radius 2 is 2.36 bits per heavy atom. The summed E-state index contributed by atoms with van der Waals surface area (Å²) < 4.78 is 9.61. The first-order valence-corrected chi connectivity index (χ1v) is 5.62. The van der Waals surface area contributed by atoms with Crippen molar-refractivity contribution < 1.29 is 4.74 Å². The van der Waals surface area contributed by atoms with E-state index < -0.39 is 0 Å². The summed E-state index contributed by atoms with van der Waals surface area (Å²) in [6.45, 7) is 2.59. The molecule has 4 nitrogen and oxygen atoms in total. The molecule has 0 amide bonds. The second-order valence-electron chi connectivity index (χ2n) is 3.48. The third-order valence-corrected chi connectivity index (χ3v) is 3.30. The van der Waals surface area contributed by atoms with E-state index in [0.717, 1.165) is 10.8 Å². The van der Waals surface area contributed by atoms with Crippen molar-refractivity contribution in [2.24, 2.45) is 0 Å². The van der Waals surface area contributed by atoms with Crippen LogP contribution in [0.4, 0.5) is 10.8 Å². The molecule has 14 heavy (non-hydrogen) atoms. The highest BCUT2D eigenvalue weighted by Gasteiger charge is 2.30. The maximum Gasteiger partial charge on any atom is 0.197 e. The third kappa shape index (κ3) is 1.64. The van der Waals surface area contributed by atoms with Crippen molar-refractivity contribution in [1.29, 1.82) is 0 Å². The molecule has 0 atom stereocenters. The molecular weight excluding hydrogens is 198 g/mol. The third-order valence-electron chi connectivity index (χ3n) is 2.36. The van der Waals surface area contributed by atoms with Crippen LogP contribution in [0.15, 0.2) is 0 Å². The van der Waals surface area contributed by atoms with Gasteiger partial charge in [0.25, 0.3) is 0 Å². The van der Waals surface area contributed by atoms with E-state index in [2.05, 4.69) is 16.3 Å². The topological polar surface area (TPSA) is 51.4 Å². The largest absolute Gasteiger partial charge is 0.487 e. The maximum absolute atomic E-state index is 5.73. The van der Waals surface area contributed by atoms with Crippen LogP contribution in [0, 0.1) is 0 Å². The molecule has 2 N–H and O–H groups in total. The Morgan fingerprint density at radius 3 is 2.93 bits per heavy atom. The van der Waals surface area contributed by atoms with E-state index in [1.165, 1.54) is 24.4 Å². The molecule has 1 heterocycles. The van der Waals surface area contributed by atoms with Gasteiger partial charge >= 0.3 is 0 Å². The number of hydrogen-bond acceptors (Lipinski definition) is 5. The lowest BCUT2D eigenvalue weighted by molar-refractivity contribution is 0.343. The average molecular weight is 213 g/mol. The van der Waals surface area contributed by atoms with Crippen LogP contribution in [-0.4, -0.2) is 24.1 Å². The first-order valence-electron chi connectivity index (χ1n) is 4.84. The summed E-state index contributed by atoms with van der Waals surface area (Å²) in [6.07, 6.45) is 2.53. The lowest BCUT2D eigenvalue weighted by Crippen LogP contribution is -2.19. The Hall–Kier alpha value is -0.970. The average Bonchev–Trinajstić information content (AvgIpc) is 2.94. The second-order valence-corrected chi connectivity index (χ2v) is 4.23. The van der Waals surface area contributed by atoms with Crippen LogP contribution in [0.5, 0.6) is 5.75 Å². The van der Waals surface area contributed by atoms with Crippen molar-refractivity contribution in [2.45, 2.75) is 25.8 Å². The van der Waals surface area contributed by atoms with Crippen molar-refractivity contribution >= 4 is 22.4 Å². The van der Waals surface area contributed by atoms with Crippen LogP contribution in [-0.2, 0) is 0 Å². The molecule has 1 fully saturated rings. The highest BCUT2D eigenvalue weighted by molar-refractivity contribution is 7.11. The van der Waals surface area contributed by atoms with Crippen molar-refractivity contribution in [2.75, 3.05) is 24.3 Å². The minimum absolute atomic E-state index is 0.513. The quantitative estimate of drug-likeness (QED) is 0.827. The van der Waals surface area contributed by atoms with Gasteiger partial charge in [0.2, 0.25) is 0 Å². The van der Waals surface area contributed by atoms with Crippen molar-refractivity contribution in [3.8, 4) is 5.75 Å². The van der Waals surface area contributed by atoms with Crippen molar-refractivity contribution in [3.05, 3.63) is 0 Å². The van der Waals surface area contributed by atoms with Gasteiger partial charge in [0.15, 0.2) is 16.6 Å². The summed E-state index contributed by atoms with van der Waals surface area (Å²) in [5.74, 6) is 1.27. The van der Waals surface area contributed by atoms with Gasteiger partial charge in [0.1, 0.15) is 0 Å². The Bertz CT molecular complexity index is 322. The smallest absolute Gasteiger partial charge is 0.197 e. The van der Waals surface area contributed by atoms with Crippen LogP contribution in [0.1, 0.15) is 19.8 Å². The first kappa shape index (κ1) is 9.58. The zero-order valence-corrected chi connectivity index (χ0v) is 9.30. The Labute approximate surface area is 87.8 Å². The summed E-state index contributed by atoms with van der Waals surface area (Å²) in [7, 11) is 2.08. The minimum atomic E-state index is 0.513. The van der Waals surface area contributed by atoms with E-state index >= 15 is 0 Å². The van der Waals surface area contributed by atoms with Crippen LogP contribution >= 0.6 is 11.5 Å².